The summed E-state index contributed by atoms with van der Waals surface area (Å²) in [7, 11) is -3.63. The normalized spacial score (nSPS) is 13.1. The lowest BCUT2D eigenvalue weighted by Crippen LogP contribution is -2.28. The highest BCUT2D eigenvalue weighted by Crippen LogP contribution is 2.18. The van der Waals surface area contributed by atoms with Gasteiger partial charge >= 0.3 is 0 Å². The van der Waals surface area contributed by atoms with Crippen molar-refractivity contribution in [3.8, 4) is 0 Å². The molecule has 5 nitrogen and oxygen atoms in total. The van der Waals surface area contributed by atoms with Gasteiger partial charge in [-0.25, -0.2) is 13.1 Å². The van der Waals surface area contributed by atoms with Crippen LogP contribution in [0.1, 0.15) is 18.4 Å². The third-order valence-electron chi connectivity index (χ3n) is 3.05. The van der Waals surface area contributed by atoms with E-state index in [-0.39, 0.29) is 16.5 Å². The Morgan fingerprint density at radius 3 is 2.60 bits per heavy atom. The van der Waals surface area contributed by atoms with E-state index in [1.165, 1.54) is 18.5 Å². The Labute approximate surface area is 118 Å². The number of nitrogens with zero attached hydrogens (tertiary/aromatic N) is 1. The van der Waals surface area contributed by atoms with Crippen LogP contribution < -0.4 is 10.5 Å². The Kier molecular flexibility index (Phi) is 4.36. The number of hydrogen-bond donors (Lipinski definition) is 2. The first-order chi connectivity index (χ1) is 9.50. The number of pyridine rings is 1. The Balaban J connectivity index is 2.09. The van der Waals surface area contributed by atoms with Gasteiger partial charge in [-0.05, 0) is 17.5 Å². The van der Waals surface area contributed by atoms with Gasteiger partial charge < -0.3 is 5.73 Å². The van der Waals surface area contributed by atoms with Crippen molar-refractivity contribution in [3.05, 3.63) is 54.4 Å². The molecule has 0 aliphatic carbocycles. The zero-order chi connectivity index (χ0) is 14.6. The number of benzene rings is 1. The van der Waals surface area contributed by atoms with Gasteiger partial charge in [-0.1, -0.05) is 37.3 Å². The lowest BCUT2D eigenvalue weighted by atomic mass is 10.0. The van der Waals surface area contributed by atoms with Crippen LogP contribution >= 0.6 is 0 Å². The summed E-state index contributed by atoms with van der Waals surface area (Å²) in [6.07, 6.45) is 2.71. The van der Waals surface area contributed by atoms with Crippen molar-refractivity contribution in [1.82, 2.24) is 9.71 Å². The fraction of sp³-hybridized carbons (Fsp3) is 0.214. The summed E-state index contributed by atoms with van der Waals surface area (Å²) in [6.45, 7) is 2.27. The maximum atomic E-state index is 12.2. The van der Waals surface area contributed by atoms with Crippen LogP contribution in [0.4, 0.5) is 5.69 Å². The molecule has 0 spiro atoms. The minimum atomic E-state index is -3.63. The molecule has 1 heterocycles. The largest absolute Gasteiger partial charge is 0.398 e. The van der Waals surface area contributed by atoms with E-state index in [2.05, 4.69) is 9.71 Å². The summed E-state index contributed by atoms with van der Waals surface area (Å²) in [5.41, 5.74) is 6.94. The van der Waals surface area contributed by atoms with Crippen molar-refractivity contribution in [1.29, 1.82) is 0 Å². The van der Waals surface area contributed by atoms with Gasteiger partial charge in [0.25, 0.3) is 0 Å². The van der Waals surface area contributed by atoms with Crippen LogP contribution in [0.3, 0.4) is 0 Å². The Hall–Kier alpha value is -1.92. The maximum Gasteiger partial charge on any atom is 0.244 e. The van der Waals surface area contributed by atoms with Crippen LogP contribution in [0.2, 0.25) is 0 Å². The number of nitrogens with two attached hydrogens (primary N) is 1. The predicted molar refractivity (Wildman–Crippen MR) is 78.7 cm³/mol. The van der Waals surface area contributed by atoms with E-state index in [1.807, 2.05) is 37.3 Å². The number of rotatable bonds is 5. The number of nitrogen functional groups attached to an aromatic ring is 1. The van der Waals surface area contributed by atoms with Crippen molar-refractivity contribution >= 4 is 15.7 Å². The molecule has 0 fully saturated rings. The summed E-state index contributed by atoms with van der Waals surface area (Å²) in [4.78, 5) is 3.81. The molecular formula is C14H17N3O2S. The van der Waals surface area contributed by atoms with Gasteiger partial charge in [-0.15, -0.1) is 0 Å². The lowest BCUT2D eigenvalue weighted by Gasteiger charge is -2.14. The van der Waals surface area contributed by atoms with Gasteiger partial charge in [-0.2, -0.15) is 0 Å². The highest BCUT2D eigenvalue weighted by molar-refractivity contribution is 7.89. The summed E-state index contributed by atoms with van der Waals surface area (Å²) in [5, 5.41) is 0. The zero-order valence-corrected chi connectivity index (χ0v) is 12.0. The van der Waals surface area contributed by atoms with Crippen LogP contribution in [-0.2, 0) is 10.0 Å². The number of aromatic nitrogens is 1. The van der Waals surface area contributed by atoms with E-state index in [1.54, 1.807) is 0 Å². The van der Waals surface area contributed by atoms with Crippen LogP contribution in [0.15, 0.2) is 53.7 Å². The second kappa shape index (κ2) is 6.02. The minimum Gasteiger partial charge on any atom is -0.398 e. The fourth-order valence-electron chi connectivity index (χ4n) is 1.83. The smallest absolute Gasteiger partial charge is 0.244 e. The predicted octanol–water partition coefficient (Wildman–Crippen LogP) is 1.75. The molecule has 20 heavy (non-hydrogen) atoms. The van der Waals surface area contributed by atoms with Crippen molar-refractivity contribution in [2.24, 2.45) is 0 Å². The van der Waals surface area contributed by atoms with E-state index < -0.39 is 10.0 Å². The Bertz CT molecular complexity index is 672. The minimum absolute atomic E-state index is 0.0141. The van der Waals surface area contributed by atoms with E-state index in [0.29, 0.717) is 6.54 Å². The molecule has 1 aromatic carbocycles. The highest BCUT2D eigenvalue weighted by atomic mass is 32.2. The zero-order valence-electron chi connectivity index (χ0n) is 11.2. The molecule has 1 aromatic heterocycles. The third-order valence-corrected chi connectivity index (χ3v) is 4.52. The van der Waals surface area contributed by atoms with Gasteiger partial charge in [0.1, 0.15) is 4.90 Å². The topological polar surface area (TPSA) is 85.1 Å². The molecule has 0 bridgehead atoms. The second-order valence-corrected chi connectivity index (χ2v) is 6.31. The van der Waals surface area contributed by atoms with Crippen LogP contribution in [0.5, 0.6) is 0 Å². The molecule has 106 valence electrons. The van der Waals surface area contributed by atoms with E-state index in [4.69, 9.17) is 5.73 Å². The first-order valence-electron chi connectivity index (χ1n) is 6.25. The standard InChI is InChI=1S/C14H17N3O2S/c1-11(12-5-3-2-4-6-12)9-17-20(18,19)14-10-16-8-7-13(14)15/h2-8,10-11,17H,9H2,1H3,(H2,15,16). The summed E-state index contributed by atoms with van der Waals surface area (Å²) in [6, 6.07) is 11.2. The molecule has 0 aliphatic rings. The molecule has 0 aliphatic heterocycles. The molecule has 1 atom stereocenters. The number of anilines is 1. The third kappa shape index (κ3) is 3.34. The van der Waals surface area contributed by atoms with Gasteiger partial charge in [-0.3, -0.25) is 4.98 Å². The molecule has 1 unspecified atom stereocenters. The number of sulfonamides is 1. The highest BCUT2D eigenvalue weighted by Gasteiger charge is 2.18. The van der Waals surface area contributed by atoms with E-state index in [9.17, 15) is 8.42 Å². The Morgan fingerprint density at radius 2 is 1.95 bits per heavy atom. The SMILES string of the molecule is CC(CNS(=O)(=O)c1cnccc1N)c1ccccc1. The monoisotopic (exact) mass is 291 g/mol. The van der Waals surface area contributed by atoms with Gasteiger partial charge in [0.15, 0.2) is 0 Å². The first kappa shape index (κ1) is 14.5. The van der Waals surface area contributed by atoms with Crippen molar-refractivity contribution in [2.45, 2.75) is 17.7 Å². The summed E-state index contributed by atoms with van der Waals surface area (Å²) >= 11 is 0. The van der Waals surface area contributed by atoms with Gasteiger partial charge in [0, 0.05) is 18.9 Å². The van der Waals surface area contributed by atoms with E-state index in [0.717, 1.165) is 5.56 Å². The van der Waals surface area contributed by atoms with Crippen LogP contribution in [0.25, 0.3) is 0 Å². The van der Waals surface area contributed by atoms with Crippen molar-refractivity contribution in [3.63, 3.8) is 0 Å². The first-order valence-corrected chi connectivity index (χ1v) is 7.73. The molecule has 2 aromatic rings. The molecule has 2 rings (SSSR count). The molecule has 6 heteroatoms. The fourth-order valence-corrected chi connectivity index (χ4v) is 3.03. The van der Waals surface area contributed by atoms with Crippen molar-refractivity contribution < 1.29 is 8.42 Å². The molecular weight excluding hydrogens is 274 g/mol. The lowest BCUT2D eigenvalue weighted by molar-refractivity contribution is 0.575. The molecule has 0 saturated carbocycles. The Morgan fingerprint density at radius 1 is 1.25 bits per heavy atom. The molecule has 0 saturated heterocycles. The quantitative estimate of drug-likeness (QED) is 0.878. The number of hydrogen-bond acceptors (Lipinski definition) is 4. The number of nitrogens with one attached hydrogen (secondary N) is 1. The van der Waals surface area contributed by atoms with Crippen molar-refractivity contribution in [2.75, 3.05) is 12.3 Å². The maximum absolute atomic E-state index is 12.2. The molecule has 0 radical (unpaired) electrons. The van der Waals surface area contributed by atoms with Gasteiger partial charge in [0.05, 0.1) is 5.69 Å². The average Bonchev–Trinajstić information content (AvgIpc) is 2.46. The molecule has 0 amide bonds. The second-order valence-electron chi connectivity index (χ2n) is 4.58. The van der Waals surface area contributed by atoms with Crippen LogP contribution in [0, 0.1) is 0 Å². The summed E-state index contributed by atoms with van der Waals surface area (Å²) < 4.78 is 26.9. The van der Waals surface area contributed by atoms with Crippen LogP contribution in [-0.4, -0.2) is 19.9 Å². The summed E-state index contributed by atoms with van der Waals surface area (Å²) in [5.74, 6) is 0.0730. The average molecular weight is 291 g/mol. The van der Waals surface area contributed by atoms with E-state index >= 15 is 0 Å². The molecule has 3 N–H and O–H groups in total. The van der Waals surface area contributed by atoms with Gasteiger partial charge in [0.2, 0.25) is 10.0 Å².